The largest absolute Gasteiger partial charge is 0.313 e. The van der Waals surface area contributed by atoms with Gasteiger partial charge in [-0.15, -0.1) is 0 Å². The molecule has 2 unspecified atom stereocenters. The van der Waals surface area contributed by atoms with E-state index in [0.29, 0.717) is 6.04 Å². The first-order valence-corrected chi connectivity index (χ1v) is 7.75. The van der Waals surface area contributed by atoms with E-state index in [-0.39, 0.29) is 5.92 Å². The monoisotopic (exact) mass is 249 g/mol. The number of likely N-dealkylation sites (tertiary alicyclic amines) is 1. The predicted molar refractivity (Wildman–Crippen MR) is 74.3 cm³/mol. The molecule has 0 aromatic rings. The van der Waals surface area contributed by atoms with E-state index in [1.807, 2.05) is 0 Å². The molecule has 18 heavy (non-hydrogen) atoms. The fourth-order valence-electron chi connectivity index (χ4n) is 3.30. The Bertz CT molecular complexity index is 265. The van der Waals surface area contributed by atoms with E-state index in [1.54, 1.807) is 0 Å². The molecule has 0 amide bonds. The van der Waals surface area contributed by atoms with Crippen LogP contribution in [0.25, 0.3) is 0 Å². The molecule has 2 fully saturated rings. The van der Waals surface area contributed by atoms with Gasteiger partial charge in [0.25, 0.3) is 0 Å². The van der Waals surface area contributed by atoms with Gasteiger partial charge >= 0.3 is 0 Å². The Labute approximate surface area is 112 Å². The third-order valence-electron chi connectivity index (χ3n) is 4.44. The van der Waals surface area contributed by atoms with E-state index in [4.69, 9.17) is 0 Å². The smallest absolute Gasteiger partial charge is 0.0672 e. The van der Waals surface area contributed by atoms with Crippen molar-refractivity contribution in [1.82, 2.24) is 10.2 Å². The molecular weight excluding hydrogens is 222 g/mol. The fraction of sp³-hybridized carbons (Fsp3) is 0.933. The Morgan fingerprint density at radius 3 is 2.61 bits per heavy atom. The summed E-state index contributed by atoms with van der Waals surface area (Å²) in [7, 11) is 0. The lowest BCUT2D eigenvalue weighted by molar-refractivity contribution is 0.319. The first-order valence-electron chi connectivity index (χ1n) is 7.75. The SMILES string of the molecule is N#CC1CCCCCC1NCCCN1CCCC1. The summed E-state index contributed by atoms with van der Waals surface area (Å²) in [5.74, 6) is 0.249. The number of hydrogen-bond donors (Lipinski definition) is 1. The van der Waals surface area contributed by atoms with Gasteiger partial charge in [0.05, 0.1) is 12.0 Å². The summed E-state index contributed by atoms with van der Waals surface area (Å²) in [5, 5.41) is 12.9. The minimum atomic E-state index is 0.249. The van der Waals surface area contributed by atoms with Crippen LogP contribution < -0.4 is 5.32 Å². The van der Waals surface area contributed by atoms with Crippen molar-refractivity contribution < 1.29 is 0 Å². The maximum Gasteiger partial charge on any atom is 0.0672 e. The van der Waals surface area contributed by atoms with E-state index < -0.39 is 0 Å². The molecule has 0 aromatic carbocycles. The van der Waals surface area contributed by atoms with Crippen LogP contribution in [-0.4, -0.2) is 37.1 Å². The highest BCUT2D eigenvalue weighted by molar-refractivity contribution is 4.93. The molecule has 2 atom stereocenters. The Morgan fingerprint density at radius 1 is 1.06 bits per heavy atom. The van der Waals surface area contributed by atoms with Crippen LogP contribution in [0, 0.1) is 17.2 Å². The van der Waals surface area contributed by atoms with Gasteiger partial charge in [-0.3, -0.25) is 0 Å². The maximum atomic E-state index is 9.22. The lowest BCUT2D eigenvalue weighted by atomic mass is 9.96. The van der Waals surface area contributed by atoms with Gasteiger partial charge in [0, 0.05) is 6.04 Å². The Kier molecular flexibility index (Phi) is 5.96. The molecule has 0 spiro atoms. The van der Waals surface area contributed by atoms with E-state index >= 15 is 0 Å². The molecular formula is C15H27N3. The van der Waals surface area contributed by atoms with Crippen molar-refractivity contribution in [3.8, 4) is 6.07 Å². The summed E-state index contributed by atoms with van der Waals surface area (Å²) < 4.78 is 0. The predicted octanol–water partition coefficient (Wildman–Crippen LogP) is 2.53. The number of hydrogen-bond acceptors (Lipinski definition) is 3. The quantitative estimate of drug-likeness (QED) is 0.601. The van der Waals surface area contributed by atoms with E-state index in [1.165, 1.54) is 64.6 Å². The molecule has 0 radical (unpaired) electrons. The zero-order valence-electron chi connectivity index (χ0n) is 11.5. The van der Waals surface area contributed by atoms with Crippen LogP contribution in [0.4, 0.5) is 0 Å². The molecule has 102 valence electrons. The van der Waals surface area contributed by atoms with E-state index in [2.05, 4.69) is 16.3 Å². The molecule has 1 N–H and O–H groups in total. The van der Waals surface area contributed by atoms with Crippen molar-refractivity contribution in [1.29, 1.82) is 5.26 Å². The molecule has 3 nitrogen and oxygen atoms in total. The van der Waals surface area contributed by atoms with Crippen molar-refractivity contribution >= 4 is 0 Å². The molecule has 1 aliphatic heterocycles. The van der Waals surface area contributed by atoms with Crippen LogP contribution >= 0.6 is 0 Å². The van der Waals surface area contributed by atoms with Gasteiger partial charge in [-0.2, -0.15) is 5.26 Å². The maximum absolute atomic E-state index is 9.22. The van der Waals surface area contributed by atoms with Gasteiger partial charge < -0.3 is 10.2 Å². The minimum Gasteiger partial charge on any atom is -0.313 e. The Morgan fingerprint density at radius 2 is 1.83 bits per heavy atom. The lowest BCUT2D eigenvalue weighted by Crippen LogP contribution is -2.36. The fourth-order valence-corrected chi connectivity index (χ4v) is 3.30. The average molecular weight is 249 g/mol. The first-order chi connectivity index (χ1) is 8.90. The third-order valence-corrected chi connectivity index (χ3v) is 4.44. The minimum absolute atomic E-state index is 0.249. The molecule has 1 aliphatic carbocycles. The van der Waals surface area contributed by atoms with Gasteiger partial charge in [-0.05, 0) is 58.3 Å². The van der Waals surface area contributed by atoms with Crippen molar-refractivity contribution in [2.24, 2.45) is 5.92 Å². The van der Waals surface area contributed by atoms with Gasteiger partial charge in [0.1, 0.15) is 0 Å². The van der Waals surface area contributed by atoms with Gasteiger partial charge in [0.2, 0.25) is 0 Å². The summed E-state index contributed by atoms with van der Waals surface area (Å²) in [6.45, 7) is 4.91. The molecule has 1 saturated heterocycles. The number of nitrogens with zero attached hydrogens (tertiary/aromatic N) is 2. The van der Waals surface area contributed by atoms with Crippen molar-refractivity contribution in [2.75, 3.05) is 26.2 Å². The van der Waals surface area contributed by atoms with Crippen LogP contribution in [-0.2, 0) is 0 Å². The summed E-state index contributed by atoms with van der Waals surface area (Å²) in [4.78, 5) is 2.57. The second kappa shape index (κ2) is 7.76. The van der Waals surface area contributed by atoms with Crippen LogP contribution in [0.1, 0.15) is 51.4 Å². The highest BCUT2D eigenvalue weighted by atomic mass is 15.1. The second-order valence-electron chi connectivity index (χ2n) is 5.84. The highest BCUT2D eigenvalue weighted by Gasteiger charge is 2.22. The average Bonchev–Trinajstić information content (AvgIpc) is 2.80. The van der Waals surface area contributed by atoms with Crippen LogP contribution in [0.2, 0.25) is 0 Å². The van der Waals surface area contributed by atoms with Crippen LogP contribution in [0.3, 0.4) is 0 Å². The topological polar surface area (TPSA) is 39.1 Å². The van der Waals surface area contributed by atoms with Gasteiger partial charge in [0.15, 0.2) is 0 Å². The van der Waals surface area contributed by atoms with E-state index in [9.17, 15) is 5.26 Å². The standard InChI is InChI=1S/C15H27N3/c16-13-14-7-2-1-3-8-15(14)17-9-6-12-18-10-4-5-11-18/h14-15,17H,1-12H2. The van der Waals surface area contributed by atoms with Gasteiger partial charge in [-0.25, -0.2) is 0 Å². The number of rotatable bonds is 5. The normalized spacial score (nSPS) is 29.9. The van der Waals surface area contributed by atoms with Crippen molar-refractivity contribution in [3.63, 3.8) is 0 Å². The third kappa shape index (κ3) is 4.26. The molecule has 0 aromatic heterocycles. The zero-order valence-corrected chi connectivity index (χ0v) is 11.5. The summed E-state index contributed by atoms with van der Waals surface area (Å²) >= 11 is 0. The molecule has 2 aliphatic rings. The molecule has 0 bridgehead atoms. The number of nitrogens with one attached hydrogen (secondary N) is 1. The van der Waals surface area contributed by atoms with Gasteiger partial charge in [-0.1, -0.05) is 19.3 Å². The van der Waals surface area contributed by atoms with Crippen molar-refractivity contribution in [3.05, 3.63) is 0 Å². The Balaban J connectivity index is 1.62. The lowest BCUT2D eigenvalue weighted by Gasteiger charge is -2.22. The van der Waals surface area contributed by atoms with Crippen LogP contribution in [0.15, 0.2) is 0 Å². The molecule has 1 heterocycles. The second-order valence-corrected chi connectivity index (χ2v) is 5.84. The zero-order chi connectivity index (χ0) is 12.6. The highest BCUT2D eigenvalue weighted by Crippen LogP contribution is 2.22. The first kappa shape index (κ1) is 13.8. The molecule has 2 rings (SSSR count). The van der Waals surface area contributed by atoms with Crippen LogP contribution in [0.5, 0.6) is 0 Å². The summed E-state index contributed by atoms with van der Waals surface area (Å²) in [6, 6.07) is 2.96. The van der Waals surface area contributed by atoms with E-state index in [0.717, 1.165) is 13.0 Å². The Hall–Kier alpha value is -0.590. The summed E-state index contributed by atoms with van der Waals surface area (Å²) in [5.41, 5.74) is 0. The number of nitriles is 1. The molecule has 3 heteroatoms. The van der Waals surface area contributed by atoms with Crippen molar-refractivity contribution in [2.45, 2.75) is 57.4 Å². The summed E-state index contributed by atoms with van der Waals surface area (Å²) in [6.07, 6.45) is 10.1. The molecule has 1 saturated carbocycles.